The second-order valence-corrected chi connectivity index (χ2v) is 7.18. The van der Waals surface area contributed by atoms with E-state index in [4.69, 9.17) is 16.3 Å². The van der Waals surface area contributed by atoms with Gasteiger partial charge in [-0.25, -0.2) is 24.0 Å². The van der Waals surface area contributed by atoms with Gasteiger partial charge >= 0.3 is 30.2 Å². The van der Waals surface area contributed by atoms with Crippen molar-refractivity contribution in [2.75, 3.05) is 26.4 Å². The first kappa shape index (κ1) is 33.6. The minimum Gasteiger partial charge on any atom is -0.459 e. The lowest BCUT2D eigenvalue weighted by Gasteiger charge is -2.13. The number of ether oxygens (including phenoxy) is 7. The third-order valence-corrected chi connectivity index (χ3v) is 3.00. The lowest BCUT2D eigenvalue weighted by molar-refractivity contribution is -0.163. The summed E-state index contributed by atoms with van der Waals surface area (Å²) in [6.07, 6.45) is -3.05. The summed E-state index contributed by atoms with van der Waals surface area (Å²) < 4.78 is 32.2. The Kier molecular flexibility index (Phi) is 18.1. The van der Waals surface area contributed by atoms with Crippen LogP contribution in [0.3, 0.4) is 0 Å². The quantitative estimate of drug-likeness (QED) is 0.0919. The summed E-state index contributed by atoms with van der Waals surface area (Å²) in [7, 11) is 0. The highest BCUT2D eigenvalue weighted by Gasteiger charge is 2.15. The highest BCUT2D eigenvalue weighted by Crippen LogP contribution is 2.02. The van der Waals surface area contributed by atoms with Crippen molar-refractivity contribution in [2.24, 2.45) is 0 Å². The summed E-state index contributed by atoms with van der Waals surface area (Å²) in [5, 5.41) is 0. The lowest BCUT2D eigenvalue weighted by Crippen LogP contribution is -2.23. The molecule has 0 aromatic rings. The first-order valence-electron chi connectivity index (χ1n) is 9.99. The van der Waals surface area contributed by atoms with Crippen LogP contribution in [0.2, 0.25) is 0 Å². The third-order valence-electron chi connectivity index (χ3n) is 2.91. The van der Waals surface area contributed by atoms with E-state index >= 15 is 0 Å². The molecule has 0 heterocycles. The molecular weight excluding hydrogens is 492 g/mol. The number of esters is 3. The molecule has 2 unspecified atom stereocenters. The van der Waals surface area contributed by atoms with Crippen LogP contribution in [0.5, 0.6) is 0 Å². The minimum atomic E-state index is -1.11. The van der Waals surface area contributed by atoms with Crippen molar-refractivity contribution in [3.63, 3.8) is 0 Å². The van der Waals surface area contributed by atoms with E-state index in [2.05, 4.69) is 48.2 Å². The monoisotopic (exact) mass is 522 g/mol. The number of halogens is 1. The molecule has 0 aliphatic carbocycles. The zero-order valence-electron chi connectivity index (χ0n) is 20.4. The van der Waals surface area contributed by atoms with Gasteiger partial charge in [-0.05, 0) is 27.7 Å². The smallest absolute Gasteiger partial charge is 0.459 e. The van der Waals surface area contributed by atoms with Gasteiger partial charge in [0.25, 0.3) is 0 Å². The first-order valence-corrected chi connectivity index (χ1v) is 10.4. The zero-order valence-corrected chi connectivity index (χ0v) is 21.1. The van der Waals surface area contributed by atoms with Gasteiger partial charge < -0.3 is 33.2 Å². The van der Waals surface area contributed by atoms with Crippen LogP contribution < -0.4 is 0 Å². The molecule has 0 bridgehead atoms. The number of carbonyl (C=O) groups is 5. The SMILES string of the molecule is C=C(C)C(=O)OCCOC(=O)OC(C)Cl.C=C(C)C(=O)OCCOC(=O)OC(C)OC(=O)C(=C)C. The van der Waals surface area contributed by atoms with Gasteiger partial charge in [0, 0.05) is 23.6 Å². The van der Waals surface area contributed by atoms with Gasteiger partial charge in [0.15, 0.2) is 5.56 Å². The molecule has 0 saturated carbocycles. The van der Waals surface area contributed by atoms with Crippen molar-refractivity contribution in [2.45, 2.75) is 46.5 Å². The zero-order chi connectivity index (χ0) is 27.6. The average Bonchev–Trinajstić information content (AvgIpc) is 2.73. The largest absolute Gasteiger partial charge is 0.511 e. The Balaban J connectivity index is 0. The highest BCUT2D eigenvalue weighted by atomic mass is 35.5. The van der Waals surface area contributed by atoms with E-state index in [0.717, 1.165) is 0 Å². The van der Waals surface area contributed by atoms with Gasteiger partial charge in [-0.3, -0.25) is 0 Å². The van der Waals surface area contributed by atoms with Crippen LogP contribution in [0.25, 0.3) is 0 Å². The van der Waals surface area contributed by atoms with E-state index in [1.54, 1.807) is 0 Å². The standard InChI is InChI=1S/C13H18O7.C9H13ClO5/c1-8(2)11(14)17-6-7-18-13(16)20-10(5)19-12(15)9(3)4;1-6(2)8(11)13-4-5-14-9(12)15-7(3)10/h10H,1,3,6-7H2,2,4-5H3;7H,1,4-5H2,2-3H3. The Hall–Kier alpha value is -3.54. The van der Waals surface area contributed by atoms with E-state index < -0.39 is 42.1 Å². The Morgan fingerprint density at radius 2 is 0.943 bits per heavy atom. The fourth-order valence-electron chi connectivity index (χ4n) is 1.38. The van der Waals surface area contributed by atoms with E-state index in [9.17, 15) is 24.0 Å². The van der Waals surface area contributed by atoms with Gasteiger partial charge in [0.2, 0.25) is 6.29 Å². The predicted molar refractivity (Wildman–Crippen MR) is 122 cm³/mol. The van der Waals surface area contributed by atoms with E-state index in [1.807, 2.05) is 0 Å². The number of alkyl halides is 1. The van der Waals surface area contributed by atoms with Crippen molar-refractivity contribution >= 4 is 41.8 Å². The van der Waals surface area contributed by atoms with Crippen LogP contribution in [0.4, 0.5) is 9.59 Å². The highest BCUT2D eigenvalue weighted by molar-refractivity contribution is 6.19. The number of hydrogen-bond donors (Lipinski definition) is 0. The molecule has 0 spiro atoms. The molecule has 12 nitrogen and oxygen atoms in total. The van der Waals surface area contributed by atoms with E-state index in [0.29, 0.717) is 0 Å². The molecule has 0 radical (unpaired) electrons. The second kappa shape index (κ2) is 18.8. The normalized spacial score (nSPS) is 11.1. The van der Waals surface area contributed by atoms with Crippen LogP contribution in [-0.4, -0.2) is 68.5 Å². The molecule has 0 saturated heterocycles. The van der Waals surface area contributed by atoms with Crippen molar-refractivity contribution < 1.29 is 57.1 Å². The first-order chi connectivity index (χ1) is 16.2. The molecule has 0 amide bonds. The van der Waals surface area contributed by atoms with Crippen LogP contribution >= 0.6 is 11.6 Å². The number of rotatable bonds is 12. The van der Waals surface area contributed by atoms with Crippen molar-refractivity contribution in [1.82, 2.24) is 0 Å². The fraction of sp³-hybridized carbons (Fsp3) is 0.500. The summed E-state index contributed by atoms with van der Waals surface area (Å²) in [6.45, 7) is 17.0. The summed E-state index contributed by atoms with van der Waals surface area (Å²) in [4.78, 5) is 54.9. The van der Waals surface area contributed by atoms with E-state index in [-0.39, 0.29) is 43.1 Å². The van der Waals surface area contributed by atoms with Crippen LogP contribution in [0, 0.1) is 0 Å². The molecule has 0 aromatic carbocycles. The van der Waals surface area contributed by atoms with Crippen molar-refractivity contribution in [3.8, 4) is 0 Å². The maximum atomic E-state index is 11.2. The molecule has 35 heavy (non-hydrogen) atoms. The van der Waals surface area contributed by atoms with Crippen LogP contribution in [0.15, 0.2) is 36.5 Å². The molecule has 2 atom stereocenters. The van der Waals surface area contributed by atoms with Gasteiger partial charge in [0.1, 0.15) is 26.4 Å². The number of carbonyl (C=O) groups excluding carboxylic acids is 5. The van der Waals surface area contributed by atoms with Gasteiger partial charge in [0.05, 0.1) is 0 Å². The maximum absolute atomic E-state index is 11.2. The topological polar surface area (TPSA) is 150 Å². The minimum absolute atomic E-state index is 0.0442. The van der Waals surface area contributed by atoms with Crippen LogP contribution in [0.1, 0.15) is 34.6 Å². The average molecular weight is 523 g/mol. The van der Waals surface area contributed by atoms with Crippen molar-refractivity contribution in [3.05, 3.63) is 36.5 Å². The number of hydrogen-bond acceptors (Lipinski definition) is 12. The molecule has 0 aliphatic heterocycles. The lowest BCUT2D eigenvalue weighted by atomic mass is 10.4. The van der Waals surface area contributed by atoms with Gasteiger partial charge in [-0.15, -0.1) is 0 Å². The molecule has 0 aliphatic rings. The molecule has 198 valence electrons. The molecular formula is C22H31ClO12. The van der Waals surface area contributed by atoms with Crippen LogP contribution in [-0.2, 0) is 47.5 Å². The van der Waals surface area contributed by atoms with Gasteiger partial charge in [-0.2, -0.15) is 0 Å². The van der Waals surface area contributed by atoms with E-state index in [1.165, 1.54) is 34.6 Å². The maximum Gasteiger partial charge on any atom is 0.511 e. The molecule has 0 N–H and O–H groups in total. The molecule has 0 rings (SSSR count). The molecule has 0 fully saturated rings. The fourth-order valence-corrected chi connectivity index (χ4v) is 1.45. The molecule has 13 heteroatoms. The summed E-state index contributed by atoms with van der Waals surface area (Å²) >= 11 is 5.36. The molecule has 0 aromatic heterocycles. The second-order valence-electron chi connectivity index (χ2n) is 6.56. The van der Waals surface area contributed by atoms with Crippen molar-refractivity contribution in [1.29, 1.82) is 0 Å². The predicted octanol–water partition coefficient (Wildman–Crippen LogP) is 3.57. The Labute approximate surface area is 208 Å². The van der Waals surface area contributed by atoms with Gasteiger partial charge in [-0.1, -0.05) is 31.3 Å². The summed E-state index contributed by atoms with van der Waals surface area (Å²) in [6, 6.07) is 0. The third kappa shape index (κ3) is 20.8. The Morgan fingerprint density at radius 1 is 0.600 bits per heavy atom. The summed E-state index contributed by atoms with van der Waals surface area (Å²) in [5.41, 5.74) is -0.0455. The Morgan fingerprint density at radius 3 is 1.29 bits per heavy atom. The Bertz CT molecular complexity index is 787. The summed E-state index contributed by atoms with van der Waals surface area (Å²) in [5.74, 6) is -1.79.